The maximum absolute atomic E-state index is 14.2. The molecule has 0 saturated carbocycles. The highest BCUT2D eigenvalue weighted by Crippen LogP contribution is 2.38. The Bertz CT molecular complexity index is 439. The molecule has 0 bridgehead atoms. The van der Waals surface area contributed by atoms with Crippen molar-refractivity contribution in [3.8, 4) is 5.75 Å². The minimum atomic E-state index is -0.528. The van der Waals surface area contributed by atoms with Crippen molar-refractivity contribution in [2.75, 3.05) is 25.2 Å². The molecular formula is C14H19FO3S. The molecule has 1 aliphatic rings. The van der Waals surface area contributed by atoms with E-state index >= 15 is 0 Å². The second kappa shape index (κ2) is 6.59. The molecule has 1 aliphatic heterocycles. The molecular weight excluding hydrogens is 267 g/mol. The lowest BCUT2D eigenvalue weighted by Crippen LogP contribution is -2.27. The van der Waals surface area contributed by atoms with E-state index in [1.54, 1.807) is 17.8 Å². The Morgan fingerprint density at radius 3 is 2.89 bits per heavy atom. The number of ether oxygens (including phenoxy) is 1. The second-order valence-corrected chi connectivity index (χ2v) is 5.80. The van der Waals surface area contributed by atoms with Crippen LogP contribution in [0.3, 0.4) is 0 Å². The Morgan fingerprint density at radius 1 is 1.47 bits per heavy atom. The molecule has 0 radical (unpaired) electrons. The van der Waals surface area contributed by atoms with E-state index in [1.165, 1.54) is 13.2 Å². The zero-order valence-corrected chi connectivity index (χ0v) is 11.8. The van der Waals surface area contributed by atoms with Gasteiger partial charge in [0.05, 0.1) is 13.2 Å². The third-order valence-electron chi connectivity index (χ3n) is 3.53. The first-order chi connectivity index (χ1) is 9.19. The quantitative estimate of drug-likeness (QED) is 0.888. The minimum Gasteiger partial charge on any atom is -0.496 e. The van der Waals surface area contributed by atoms with Gasteiger partial charge >= 0.3 is 0 Å². The van der Waals surface area contributed by atoms with Crippen molar-refractivity contribution >= 4 is 11.8 Å². The standard InChI is InChI=1S/C14H19FO3S/c1-18-13-3-2-11(15)14(9(13)4-6-16)10-8-19-7-5-12(10)17/h2-3,10,12,16-17H,4-8H2,1H3. The molecule has 0 spiro atoms. The van der Waals surface area contributed by atoms with Gasteiger partial charge in [0.2, 0.25) is 0 Å². The number of hydrogen-bond acceptors (Lipinski definition) is 4. The predicted octanol–water partition coefficient (Wildman–Crippen LogP) is 1.95. The maximum atomic E-state index is 14.2. The van der Waals surface area contributed by atoms with Gasteiger partial charge in [-0.2, -0.15) is 11.8 Å². The number of halogens is 1. The van der Waals surface area contributed by atoms with Crippen molar-refractivity contribution in [3.63, 3.8) is 0 Å². The largest absolute Gasteiger partial charge is 0.496 e. The lowest BCUT2D eigenvalue weighted by Gasteiger charge is -2.30. The first-order valence-electron chi connectivity index (χ1n) is 6.41. The van der Waals surface area contributed by atoms with Crippen molar-refractivity contribution in [3.05, 3.63) is 29.1 Å². The van der Waals surface area contributed by atoms with E-state index in [1.807, 2.05) is 0 Å². The summed E-state index contributed by atoms with van der Waals surface area (Å²) < 4.78 is 19.4. The summed E-state index contributed by atoms with van der Waals surface area (Å²) in [6.07, 6.45) is 0.481. The average Bonchev–Trinajstić information content (AvgIpc) is 2.41. The van der Waals surface area contributed by atoms with Crippen LogP contribution < -0.4 is 4.74 Å². The molecule has 1 aromatic carbocycles. The van der Waals surface area contributed by atoms with Crippen LogP contribution in [0.1, 0.15) is 23.5 Å². The van der Waals surface area contributed by atoms with E-state index < -0.39 is 6.10 Å². The maximum Gasteiger partial charge on any atom is 0.127 e. The van der Waals surface area contributed by atoms with Crippen molar-refractivity contribution in [1.29, 1.82) is 0 Å². The van der Waals surface area contributed by atoms with E-state index in [0.29, 0.717) is 35.5 Å². The van der Waals surface area contributed by atoms with Gasteiger partial charge < -0.3 is 14.9 Å². The summed E-state index contributed by atoms with van der Waals surface area (Å²) in [5, 5.41) is 19.3. The van der Waals surface area contributed by atoms with E-state index in [4.69, 9.17) is 4.74 Å². The van der Waals surface area contributed by atoms with Gasteiger partial charge in [-0.05, 0) is 30.7 Å². The summed E-state index contributed by atoms with van der Waals surface area (Å²) in [5.41, 5.74) is 1.18. The average molecular weight is 286 g/mol. The first-order valence-corrected chi connectivity index (χ1v) is 7.56. The number of rotatable bonds is 4. The molecule has 0 amide bonds. The van der Waals surface area contributed by atoms with Crippen molar-refractivity contribution < 1.29 is 19.3 Å². The fraction of sp³-hybridized carbons (Fsp3) is 0.571. The minimum absolute atomic E-state index is 0.0667. The molecule has 1 saturated heterocycles. The summed E-state index contributed by atoms with van der Waals surface area (Å²) in [4.78, 5) is 0. The Labute approximate surface area is 116 Å². The van der Waals surface area contributed by atoms with Crippen molar-refractivity contribution in [1.82, 2.24) is 0 Å². The van der Waals surface area contributed by atoms with Crippen LogP contribution in [0.4, 0.5) is 4.39 Å². The smallest absolute Gasteiger partial charge is 0.127 e. The van der Waals surface area contributed by atoms with E-state index in [-0.39, 0.29) is 18.3 Å². The van der Waals surface area contributed by atoms with Gasteiger partial charge in [-0.25, -0.2) is 4.39 Å². The lowest BCUT2D eigenvalue weighted by atomic mass is 9.87. The normalized spacial score (nSPS) is 23.4. The van der Waals surface area contributed by atoms with Crippen LogP contribution in [0.15, 0.2) is 12.1 Å². The van der Waals surface area contributed by atoms with Crippen LogP contribution in [0, 0.1) is 5.82 Å². The molecule has 1 fully saturated rings. The summed E-state index contributed by atoms with van der Waals surface area (Å²) in [5.74, 6) is 1.63. The van der Waals surface area contributed by atoms with Crippen LogP contribution >= 0.6 is 11.8 Å². The second-order valence-electron chi connectivity index (χ2n) is 4.65. The molecule has 2 N–H and O–H groups in total. The number of thioether (sulfide) groups is 1. The van der Waals surface area contributed by atoms with Gasteiger partial charge in [0, 0.05) is 29.4 Å². The molecule has 3 nitrogen and oxygen atoms in total. The third-order valence-corrected chi connectivity index (χ3v) is 4.65. The molecule has 19 heavy (non-hydrogen) atoms. The van der Waals surface area contributed by atoms with Crippen LogP contribution in [0.2, 0.25) is 0 Å². The van der Waals surface area contributed by atoms with Gasteiger partial charge in [0.15, 0.2) is 0 Å². The lowest BCUT2D eigenvalue weighted by molar-refractivity contribution is 0.142. The first kappa shape index (κ1) is 14.6. The topological polar surface area (TPSA) is 49.7 Å². The third kappa shape index (κ3) is 3.04. The van der Waals surface area contributed by atoms with Gasteiger partial charge in [-0.15, -0.1) is 0 Å². The number of methoxy groups -OCH3 is 1. The van der Waals surface area contributed by atoms with Crippen molar-refractivity contribution in [2.45, 2.75) is 24.9 Å². The summed E-state index contributed by atoms with van der Waals surface area (Å²) in [7, 11) is 1.53. The van der Waals surface area contributed by atoms with E-state index in [2.05, 4.69) is 0 Å². The Hall–Kier alpha value is -0.780. The van der Waals surface area contributed by atoms with Crippen LogP contribution in [-0.2, 0) is 6.42 Å². The van der Waals surface area contributed by atoms with E-state index in [9.17, 15) is 14.6 Å². The number of aliphatic hydroxyl groups is 2. The number of benzene rings is 1. The molecule has 1 aromatic rings. The SMILES string of the molecule is COc1ccc(F)c(C2CSCCC2O)c1CCO. The zero-order valence-electron chi connectivity index (χ0n) is 10.9. The fourth-order valence-electron chi connectivity index (χ4n) is 2.58. The number of aliphatic hydroxyl groups excluding tert-OH is 2. The van der Waals surface area contributed by atoms with Gasteiger partial charge in [0.1, 0.15) is 11.6 Å². The molecule has 2 rings (SSSR count). The highest BCUT2D eigenvalue weighted by molar-refractivity contribution is 7.99. The Balaban J connectivity index is 2.46. The van der Waals surface area contributed by atoms with Crippen LogP contribution in [0.25, 0.3) is 0 Å². The van der Waals surface area contributed by atoms with Gasteiger partial charge in [-0.3, -0.25) is 0 Å². The monoisotopic (exact) mass is 286 g/mol. The Morgan fingerprint density at radius 2 is 2.26 bits per heavy atom. The zero-order chi connectivity index (χ0) is 13.8. The van der Waals surface area contributed by atoms with Crippen LogP contribution in [0.5, 0.6) is 5.75 Å². The highest BCUT2D eigenvalue weighted by Gasteiger charge is 2.30. The highest BCUT2D eigenvalue weighted by atomic mass is 32.2. The summed E-state index contributed by atoms with van der Waals surface area (Å²) >= 11 is 1.72. The summed E-state index contributed by atoms with van der Waals surface area (Å²) in [6.45, 7) is -0.0667. The number of hydrogen-bond donors (Lipinski definition) is 2. The molecule has 1 heterocycles. The van der Waals surface area contributed by atoms with Gasteiger partial charge in [0.25, 0.3) is 0 Å². The molecule has 0 aliphatic carbocycles. The van der Waals surface area contributed by atoms with E-state index in [0.717, 1.165) is 5.75 Å². The molecule has 5 heteroatoms. The fourth-order valence-corrected chi connectivity index (χ4v) is 3.80. The van der Waals surface area contributed by atoms with Crippen LogP contribution in [-0.4, -0.2) is 41.5 Å². The predicted molar refractivity (Wildman–Crippen MR) is 74.4 cm³/mol. The molecule has 0 aromatic heterocycles. The van der Waals surface area contributed by atoms with Crippen molar-refractivity contribution in [2.24, 2.45) is 0 Å². The summed E-state index contributed by atoms with van der Waals surface area (Å²) in [6, 6.07) is 2.95. The molecule has 106 valence electrons. The molecule has 2 unspecified atom stereocenters. The molecule has 2 atom stereocenters. The van der Waals surface area contributed by atoms with Gasteiger partial charge in [-0.1, -0.05) is 0 Å². The Kier molecular flexibility index (Phi) is 5.07.